The molecule has 0 aliphatic heterocycles. The van der Waals surface area contributed by atoms with E-state index >= 15 is 0 Å². The fourth-order valence-electron chi connectivity index (χ4n) is 1.50. The molecule has 1 N–H and O–H groups in total. The van der Waals surface area contributed by atoms with Crippen molar-refractivity contribution in [2.75, 3.05) is 11.9 Å². The summed E-state index contributed by atoms with van der Waals surface area (Å²) < 4.78 is 13.6. The van der Waals surface area contributed by atoms with Crippen LogP contribution in [0.5, 0.6) is 0 Å². The minimum absolute atomic E-state index is 0.243. The van der Waals surface area contributed by atoms with Crippen molar-refractivity contribution in [1.82, 2.24) is 5.32 Å². The molecule has 0 fully saturated rings. The van der Waals surface area contributed by atoms with Gasteiger partial charge in [0.2, 0.25) is 0 Å². The van der Waals surface area contributed by atoms with E-state index in [0.717, 1.165) is 18.2 Å². The average Bonchev–Trinajstić information content (AvgIpc) is 2.36. The predicted molar refractivity (Wildman–Crippen MR) is 78.6 cm³/mol. The number of nitrogens with one attached hydrogen (secondary N) is 1. The maximum Gasteiger partial charge on any atom is 0.252 e. The largest absolute Gasteiger partial charge is 0.352 e. The molecule has 0 saturated heterocycles. The monoisotopic (exact) mass is 379 g/mol. The molecule has 0 saturated carbocycles. The number of benzene rings is 1. The van der Waals surface area contributed by atoms with Gasteiger partial charge < -0.3 is 5.32 Å². The number of hydrogen-bond acceptors (Lipinski definition) is 1. The molecular weight excluding hydrogens is 365 g/mol. The van der Waals surface area contributed by atoms with Gasteiger partial charge in [0, 0.05) is 16.3 Å². The fourth-order valence-corrected chi connectivity index (χ4v) is 2.25. The lowest BCUT2D eigenvalue weighted by Gasteiger charge is -2.09. The number of halogens is 3. The Labute approximate surface area is 124 Å². The van der Waals surface area contributed by atoms with Gasteiger partial charge in [0.15, 0.2) is 0 Å². The summed E-state index contributed by atoms with van der Waals surface area (Å²) in [7, 11) is 0. The maximum atomic E-state index is 13.0. The first kappa shape index (κ1) is 15.6. The Kier molecular flexibility index (Phi) is 6.86. The number of amides is 1. The second-order valence-electron chi connectivity index (χ2n) is 4.28. The van der Waals surface area contributed by atoms with Gasteiger partial charge >= 0.3 is 0 Å². The molecule has 100 valence electrons. The third kappa shape index (κ3) is 5.06. The van der Waals surface area contributed by atoms with E-state index in [1.165, 1.54) is 18.2 Å². The fraction of sp³-hybridized carbons (Fsp3) is 0.462. The normalized spacial score (nSPS) is 12.2. The summed E-state index contributed by atoms with van der Waals surface area (Å²) in [5.74, 6) is -0.0491. The topological polar surface area (TPSA) is 29.1 Å². The van der Waals surface area contributed by atoms with Gasteiger partial charge in [0.1, 0.15) is 5.82 Å². The summed E-state index contributed by atoms with van der Waals surface area (Å²) >= 11 is 6.66. The summed E-state index contributed by atoms with van der Waals surface area (Å²) in [6.45, 7) is 2.76. The van der Waals surface area contributed by atoms with Gasteiger partial charge in [-0.25, -0.2) is 4.39 Å². The molecule has 1 aromatic rings. The Bertz CT molecular complexity index is 412. The van der Waals surface area contributed by atoms with Crippen LogP contribution in [0.25, 0.3) is 0 Å². The van der Waals surface area contributed by atoms with E-state index < -0.39 is 5.82 Å². The molecular formula is C13H16Br2FNO. The van der Waals surface area contributed by atoms with Crippen molar-refractivity contribution < 1.29 is 9.18 Å². The molecule has 5 heteroatoms. The molecule has 0 radical (unpaired) electrons. The van der Waals surface area contributed by atoms with Crippen LogP contribution in [-0.2, 0) is 0 Å². The van der Waals surface area contributed by atoms with Crippen LogP contribution in [0.1, 0.15) is 30.1 Å². The van der Waals surface area contributed by atoms with E-state index in [4.69, 9.17) is 0 Å². The van der Waals surface area contributed by atoms with Crippen molar-refractivity contribution in [3.05, 3.63) is 34.1 Å². The first-order valence-corrected chi connectivity index (χ1v) is 7.75. The first-order chi connectivity index (χ1) is 8.54. The highest BCUT2D eigenvalue weighted by Crippen LogP contribution is 2.17. The number of carbonyl (C=O) groups is 1. The van der Waals surface area contributed by atoms with Crippen molar-refractivity contribution in [2.45, 2.75) is 19.8 Å². The molecule has 1 rings (SSSR count). The van der Waals surface area contributed by atoms with E-state index in [-0.39, 0.29) is 5.91 Å². The smallest absolute Gasteiger partial charge is 0.252 e. The van der Waals surface area contributed by atoms with Gasteiger partial charge in [-0.1, -0.05) is 22.9 Å². The van der Waals surface area contributed by atoms with Crippen LogP contribution in [0.3, 0.4) is 0 Å². The zero-order valence-electron chi connectivity index (χ0n) is 10.2. The van der Waals surface area contributed by atoms with Crippen molar-refractivity contribution in [1.29, 1.82) is 0 Å². The standard InChI is InChI=1S/C13H16Br2FNO/c1-9(8-14)3-2-6-17-13(18)11-7-10(16)4-5-12(11)15/h4-5,7,9H,2-3,6,8H2,1H3,(H,17,18). The number of hydrogen-bond donors (Lipinski definition) is 1. The Morgan fingerprint density at radius 2 is 2.22 bits per heavy atom. The Hall–Kier alpha value is -0.420. The third-order valence-electron chi connectivity index (χ3n) is 2.60. The van der Waals surface area contributed by atoms with Gasteiger partial charge in [-0.05, 0) is 52.9 Å². The molecule has 1 unspecified atom stereocenters. The average molecular weight is 381 g/mol. The Balaban J connectivity index is 2.43. The minimum atomic E-state index is -0.406. The van der Waals surface area contributed by atoms with Crippen molar-refractivity contribution in [3.63, 3.8) is 0 Å². The van der Waals surface area contributed by atoms with Gasteiger partial charge in [0.25, 0.3) is 5.91 Å². The molecule has 0 aliphatic carbocycles. The highest BCUT2D eigenvalue weighted by molar-refractivity contribution is 9.10. The van der Waals surface area contributed by atoms with E-state index in [2.05, 4.69) is 44.1 Å². The molecule has 0 heterocycles. The van der Waals surface area contributed by atoms with Gasteiger partial charge in [-0.3, -0.25) is 4.79 Å². The molecule has 0 spiro atoms. The second kappa shape index (κ2) is 7.89. The quantitative estimate of drug-likeness (QED) is 0.583. The van der Waals surface area contributed by atoms with Crippen molar-refractivity contribution in [3.8, 4) is 0 Å². The zero-order valence-corrected chi connectivity index (χ0v) is 13.4. The van der Waals surface area contributed by atoms with Crippen LogP contribution >= 0.6 is 31.9 Å². The van der Waals surface area contributed by atoms with Crippen molar-refractivity contribution in [2.24, 2.45) is 5.92 Å². The Morgan fingerprint density at radius 3 is 2.89 bits per heavy atom. The zero-order chi connectivity index (χ0) is 13.5. The predicted octanol–water partition coefficient (Wildman–Crippen LogP) is 4.13. The number of carbonyl (C=O) groups excluding carboxylic acids is 1. The van der Waals surface area contributed by atoms with Crippen molar-refractivity contribution >= 4 is 37.8 Å². The highest BCUT2D eigenvalue weighted by Gasteiger charge is 2.10. The summed E-state index contributed by atoms with van der Waals surface area (Å²) in [6.07, 6.45) is 1.97. The third-order valence-corrected chi connectivity index (χ3v) is 4.39. The molecule has 1 amide bonds. The van der Waals surface area contributed by atoms with E-state index in [1.807, 2.05) is 0 Å². The molecule has 0 bridgehead atoms. The van der Waals surface area contributed by atoms with E-state index in [0.29, 0.717) is 22.5 Å². The lowest BCUT2D eigenvalue weighted by atomic mass is 10.1. The van der Waals surface area contributed by atoms with E-state index in [9.17, 15) is 9.18 Å². The lowest BCUT2D eigenvalue weighted by Crippen LogP contribution is -2.25. The molecule has 0 aliphatic rings. The van der Waals surface area contributed by atoms with Crippen LogP contribution in [0, 0.1) is 11.7 Å². The minimum Gasteiger partial charge on any atom is -0.352 e. The van der Waals surface area contributed by atoms with Crippen LogP contribution < -0.4 is 5.32 Å². The molecule has 18 heavy (non-hydrogen) atoms. The van der Waals surface area contributed by atoms with Crippen LogP contribution in [-0.4, -0.2) is 17.8 Å². The van der Waals surface area contributed by atoms with Gasteiger partial charge in [-0.2, -0.15) is 0 Å². The molecule has 0 aromatic heterocycles. The van der Waals surface area contributed by atoms with Crippen LogP contribution in [0.15, 0.2) is 22.7 Å². The maximum absolute atomic E-state index is 13.0. The lowest BCUT2D eigenvalue weighted by molar-refractivity contribution is 0.0951. The van der Waals surface area contributed by atoms with Crippen LogP contribution in [0.4, 0.5) is 4.39 Å². The summed E-state index contributed by atoms with van der Waals surface area (Å²) in [5, 5.41) is 3.76. The summed E-state index contributed by atoms with van der Waals surface area (Å²) in [6, 6.07) is 4.09. The number of rotatable bonds is 6. The first-order valence-electron chi connectivity index (χ1n) is 5.83. The highest BCUT2D eigenvalue weighted by atomic mass is 79.9. The molecule has 1 atom stereocenters. The van der Waals surface area contributed by atoms with Gasteiger partial charge in [-0.15, -0.1) is 0 Å². The molecule has 1 aromatic carbocycles. The molecule has 2 nitrogen and oxygen atoms in total. The van der Waals surface area contributed by atoms with Crippen LogP contribution in [0.2, 0.25) is 0 Å². The SMILES string of the molecule is CC(CBr)CCCNC(=O)c1cc(F)ccc1Br. The number of alkyl halides is 1. The van der Waals surface area contributed by atoms with Gasteiger partial charge in [0.05, 0.1) is 5.56 Å². The second-order valence-corrected chi connectivity index (χ2v) is 5.78. The Morgan fingerprint density at radius 1 is 1.50 bits per heavy atom. The summed E-state index contributed by atoms with van der Waals surface area (Å²) in [5.41, 5.74) is 0.337. The summed E-state index contributed by atoms with van der Waals surface area (Å²) in [4.78, 5) is 11.8. The van der Waals surface area contributed by atoms with E-state index in [1.54, 1.807) is 0 Å².